The van der Waals surface area contributed by atoms with Crippen LogP contribution >= 0.6 is 11.6 Å². The van der Waals surface area contributed by atoms with E-state index in [0.29, 0.717) is 5.02 Å². The number of allylic oxidation sites excluding steroid dienone is 2. The van der Waals surface area contributed by atoms with Crippen LogP contribution in [0.5, 0.6) is 0 Å². The smallest absolute Gasteiger partial charge is 0.269 e. The van der Waals surface area contributed by atoms with E-state index < -0.39 is 0 Å². The third kappa shape index (κ3) is 3.31. The Hall–Kier alpha value is -3.31. The molecule has 3 aromatic carbocycles. The fraction of sp³-hybridized carbons (Fsp3) is 0.167. The number of halogens is 1. The molecule has 5 nitrogen and oxygen atoms in total. The zero-order valence-corrected chi connectivity index (χ0v) is 16.8. The second-order valence-corrected chi connectivity index (χ2v) is 8.14. The van der Waals surface area contributed by atoms with E-state index in [1.807, 2.05) is 36.4 Å². The lowest BCUT2D eigenvalue weighted by atomic mass is 9.77. The molecule has 5 rings (SSSR count). The van der Waals surface area contributed by atoms with Crippen LogP contribution in [-0.4, -0.2) is 4.92 Å². The van der Waals surface area contributed by atoms with Gasteiger partial charge in [0, 0.05) is 45.7 Å². The molecule has 0 amide bonds. The molecule has 1 heterocycles. The van der Waals surface area contributed by atoms with Crippen LogP contribution in [0.4, 0.5) is 22.7 Å². The van der Waals surface area contributed by atoms with Gasteiger partial charge in [-0.3, -0.25) is 10.1 Å². The van der Waals surface area contributed by atoms with Crippen LogP contribution < -0.4 is 10.6 Å². The summed E-state index contributed by atoms with van der Waals surface area (Å²) in [5.74, 6) is 0.489. The van der Waals surface area contributed by atoms with Gasteiger partial charge in [-0.15, -0.1) is 0 Å². The van der Waals surface area contributed by atoms with E-state index in [9.17, 15) is 10.1 Å². The van der Waals surface area contributed by atoms with Gasteiger partial charge in [0.15, 0.2) is 0 Å². The highest BCUT2D eigenvalue weighted by Gasteiger charge is 2.39. The number of anilines is 3. The first-order chi connectivity index (χ1) is 14.6. The molecule has 0 radical (unpaired) electrons. The first-order valence-electron chi connectivity index (χ1n) is 9.93. The summed E-state index contributed by atoms with van der Waals surface area (Å²) in [7, 11) is 0. The maximum Gasteiger partial charge on any atom is 0.269 e. The highest BCUT2D eigenvalue weighted by Crippen LogP contribution is 2.51. The largest absolute Gasteiger partial charge is 0.378 e. The van der Waals surface area contributed by atoms with Crippen molar-refractivity contribution < 1.29 is 4.92 Å². The van der Waals surface area contributed by atoms with Gasteiger partial charge in [0.05, 0.1) is 11.0 Å². The van der Waals surface area contributed by atoms with Crippen LogP contribution in [0.1, 0.15) is 29.5 Å². The van der Waals surface area contributed by atoms with E-state index in [2.05, 4.69) is 34.9 Å². The van der Waals surface area contributed by atoms with Crippen molar-refractivity contribution in [2.24, 2.45) is 5.92 Å². The average Bonchev–Trinajstić information content (AvgIpc) is 3.25. The van der Waals surface area contributed by atoms with Crippen LogP contribution in [-0.2, 0) is 0 Å². The highest BCUT2D eigenvalue weighted by atomic mass is 35.5. The normalized spacial score (nSPS) is 21.4. The van der Waals surface area contributed by atoms with Crippen LogP contribution in [0.3, 0.4) is 0 Å². The maximum atomic E-state index is 11.3. The number of nitrogens with one attached hydrogen (secondary N) is 2. The fourth-order valence-corrected chi connectivity index (χ4v) is 4.79. The number of nitro groups is 1. The highest BCUT2D eigenvalue weighted by molar-refractivity contribution is 6.31. The van der Waals surface area contributed by atoms with Crippen molar-refractivity contribution in [1.29, 1.82) is 0 Å². The zero-order valence-electron chi connectivity index (χ0n) is 16.1. The minimum atomic E-state index is -0.373. The Balaban J connectivity index is 1.51. The number of fused-ring (bicyclic) bond motifs is 3. The fourth-order valence-electron chi connectivity index (χ4n) is 4.55. The van der Waals surface area contributed by atoms with Crippen molar-refractivity contribution in [2.45, 2.75) is 18.4 Å². The van der Waals surface area contributed by atoms with E-state index in [1.54, 1.807) is 12.1 Å². The summed E-state index contributed by atoms with van der Waals surface area (Å²) >= 11 is 6.47. The first kappa shape index (κ1) is 18.7. The molecule has 3 unspecified atom stereocenters. The van der Waals surface area contributed by atoms with E-state index in [1.165, 1.54) is 11.6 Å². The average molecular weight is 418 g/mol. The minimum Gasteiger partial charge on any atom is -0.378 e. The molecule has 0 saturated heterocycles. The minimum absolute atomic E-state index is 0.0620. The molecule has 0 aromatic heterocycles. The molecule has 1 aliphatic heterocycles. The summed E-state index contributed by atoms with van der Waals surface area (Å²) in [5, 5.41) is 18.9. The zero-order chi connectivity index (χ0) is 20.7. The Labute approximate surface area is 179 Å². The molecule has 2 aliphatic rings. The van der Waals surface area contributed by atoms with E-state index in [0.717, 1.165) is 29.0 Å². The van der Waals surface area contributed by atoms with Gasteiger partial charge in [0.2, 0.25) is 0 Å². The maximum absolute atomic E-state index is 11.3. The van der Waals surface area contributed by atoms with Gasteiger partial charge in [0.1, 0.15) is 0 Å². The molecule has 150 valence electrons. The topological polar surface area (TPSA) is 67.2 Å². The lowest BCUT2D eigenvalue weighted by molar-refractivity contribution is -0.384. The van der Waals surface area contributed by atoms with Gasteiger partial charge in [0.25, 0.3) is 5.69 Å². The number of benzene rings is 3. The third-order valence-corrected chi connectivity index (χ3v) is 6.29. The standard InChI is InChI=1S/C24H20ClN3O2/c25-22-11-10-17(28(29)30)14-21(22)24-19-8-4-7-18(19)20-13-16(9-12-23(20)27-24)26-15-5-2-1-3-6-15/h1-7,9-14,18-19,24,26-27H,8H2. The molecule has 0 fully saturated rings. The third-order valence-electron chi connectivity index (χ3n) is 5.95. The summed E-state index contributed by atoms with van der Waals surface area (Å²) in [6.07, 6.45) is 5.34. The monoisotopic (exact) mass is 417 g/mol. The Morgan fingerprint density at radius 3 is 2.63 bits per heavy atom. The summed E-state index contributed by atoms with van der Waals surface area (Å²) in [4.78, 5) is 10.9. The van der Waals surface area contributed by atoms with Crippen LogP contribution in [0, 0.1) is 16.0 Å². The van der Waals surface area contributed by atoms with Gasteiger partial charge in [-0.25, -0.2) is 0 Å². The summed E-state index contributed by atoms with van der Waals surface area (Å²) in [5.41, 5.74) is 5.18. The summed E-state index contributed by atoms with van der Waals surface area (Å²) in [6, 6.07) is 21.0. The molecule has 3 atom stereocenters. The van der Waals surface area contributed by atoms with Crippen LogP contribution in [0.25, 0.3) is 0 Å². The molecule has 6 heteroatoms. The van der Waals surface area contributed by atoms with E-state index in [4.69, 9.17) is 11.6 Å². The van der Waals surface area contributed by atoms with E-state index >= 15 is 0 Å². The van der Waals surface area contributed by atoms with Gasteiger partial charge in [-0.05, 0) is 54.3 Å². The second-order valence-electron chi connectivity index (χ2n) is 7.73. The number of nitro benzene ring substituents is 1. The van der Waals surface area contributed by atoms with Crippen LogP contribution in [0.15, 0.2) is 78.9 Å². The van der Waals surface area contributed by atoms with Crippen molar-refractivity contribution >= 4 is 34.4 Å². The van der Waals surface area contributed by atoms with Gasteiger partial charge in [-0.1, -0.05) is 42.0 Å². The Bertz CT molecular complexity index is 1150. The predicted molar refractivity (Wildman–Crippen MR) is 121 cm³/mol. The number of non-ortho nitro benzene ring substituents is 1. The predicted octanol–water partition coefficient (Wildman–Crippen LogP) is 6.82. The molecule has 1 aliphatic carbocycles. The number of rotatable bonds is 4. The van der Waals surface area contributed by atoms with Gasteiger partial charge >= 0.3 is 0 Å². The first-order valence-corrected chi connectivity index (χ1v) is 10.3. The molecule has 30 heavy (non-hydrogen) atoms. The number of para-hydroxylation sites is 1. The molecule has 0 spiro atoms. The lowest BCUT2D eigenvalue weighted by Gasteiger charge is -2.38. The van der Waals surface area contributed by atoms with Crippen LogP contribution in [0.2, 0.25) is 5.02 Å². The SMILES string of the molecule is O=[N+]([O-])c1ccc(Cl)c(C2Nc3ccc(Nc4ccccc4)cc3C3C=CCC32)c1. The molecular formula is C24H20ClN3O2. The van der Waals surface area contributed by atoms with Crippen molar-refractivity contribution in [2.75, 3.05) is 10.6 Å². The molecular weight excluding hydrogens is 398 g/mol. The Morgan fingerprint density at radius 2 is 1.83 bits per heavy atom. The van der Waals surface area contributed by atoms with Crippen molar-refractivity contribution in [1.82, 2.24) is 0 Å². The summed E-state index contributed by atoms with van der Waals surface area (Å²) in [6.45, 7) is 0. The Kier molecular flexibility index (Phi) is 4.68. The van der Waals surface area contributed by atoms with Gasteiger partial charge < -0.3 is 10.6 Å². The van der Waals surface area contributed by atoms with E-state index in [-0.39, 0.29) is 28.5 Å². The van der Waals surface area contributed by atoms with Crippen molar-refractivity contribution in [3.63, 3.8) is 0 Å². The second kappa shape index (κ2) is 7.50. The molecule has 0 bridgehead atoms. The molecule has 0 saturated carbocycles. The number of hydrogen-bond acceptors (Lipinski definition) is 4. The molecule has 2 N–H and O–H groups in total. The lowest BCUT2D eigenvalue weighted by Crippen LogP contribution is -2.29. The Morgan fingerprint density at radius 1 is 1.00 bits per heavy atom. The van der Waals surface area contributed by atoms with Crippen molar-refractivity contribution in [3.8, 4) is 0 Å². The van der Waals surface area contributed by atoms with Gasteiger partial charge in [-0.2, -0.15) is 0 Å². The summed E-state index contributed by atoms with van der Waals surface area (Å²) < 4.78 is 0. The number of hydrogen-bond donors (Lipinski definition) is 2. The quantitative estimate of drug-likeness (QED) is 0.277. The number of nitrogens with zero attached hydrogens (tertiary/aromatic N) is 1. The van der Waals surface area contributed by atoms with Crippen molar-refractivity contribution in [3.05, 3.63) is 105 Å². The molecule has 3 aromatic rings.